The SMILES string of the molecule is [B]C(C)(C)[B]C(C)C. The van der Waals surface area contributed by atoms with Crippen LogP contribution in [0.1, 0.15) is 27.7 Å². The smallest absolute Gasteiger partial charge is 0.0963 e. The lowest BCUT2D eigenvalue weighted by Crippen LogP contribution is -2.14. The molecule has 0 unspecified atom stereocenters. The highest BCUT2D eigenvalue weighted by Gasteiger charge is 2.12. The van der Waals surface area contributed by atoms with Gasteiger partial charge in [-0.15, -0.1) is 0 Å². The summed E-state index contributed by atoms with van der Waals surface area (Å²) in [7, 11) is 7.81. The monoisotopic (exact) mass is 107 g/mol. The number of rotatable bonds is 2. The fraction of sp³-hybridized carbons (Fsp3) is 1.00. The van der Waals surface area contributed by atoms with Crippen molar-refractivity contribution in [3.63, 3.8) is 0 Å². The second-order valence-electron chi connectivity index (χ2n) is 3.23. The summed E-state index contributed by atoms with van der Waals surface area (Å²) >= 11 is 0. The zero-order chi connectivity index (χ0) is 6.78. The Hall–Kier alpha value is 0.130. The third kappa shape index (κ3) is 6.13. The van der Waals surface area contributed by atoms with Crippen molar-refractivity contribution in [1.82, 2.24) is 0 Å². The average molecular weight is 107 g/mol. The molecule has 0 saturated heterocycles. The maximum atomic E-state index is 5.68. The van der Waals surface area contributed by atoms with Crippen molar-refractivity contribution in [2.24, 2.45) is 0 Å². The first-order chi connectivity index (χ1) is 3.42. The lowest BCUT2D eigenvalue weighted by molar-refractivity contribution is 0.904. The van der Waals surface area contributed by atoms with E-state index in [0.29, 0.717) is 5.82 Å². The van der Waals surface area contributed by atoms with Gasteiger partial charge in [0.1, 0.15) is 7.28 Å². The highest BCUT2D eigenvalue weighted by Crippen LogP contribution is 2.20. The molecule has 0 fully saturated rings. The third-order valence-corrected chi connectivity index (χ3v) is 0.763. The minimum atomic E-state index is -0.103. The first-order valence-corrected chi connectivity index (χ1v) is 3.07. The third-order valence-electron chi connectivity index (χ3n) is 0.763. The van der Waals surface area contributed by atoms with Gasteiger partial charge >= 0.3 is 0 Å². The molecule has 0 amide bonds. The summed E-state index contributed by atoms with van der Waals surface area (Å²) in [6, 6.07) is 0. The minimum Gasteiger partial charge on any atom is -0.0963 e. The molecule has 0 heterocycles. The summed E-state index contributed by atoms with van der Waals surface area (Å²) in [5, 5.41) is -0.103. The summed E-state index contributed by atoms with van der Waals surface area (Å²) < 4.78 is 0. The predicted molar refractivity (Wildman–Crippen MR) is 40.6 cm³/mol. The molecule has 0 aromatic heterocycles. The summed E-state index contributed by atoms with van der Waals surface area (Å²) in [4.78, 5) is 0. The first-order valence-electron chi connectivity index (χ1n) is 3.07. The van der Waals surface area contributed by atoms with Crippen molar-refractivity contribution in [3.8, 4) is 0 Å². The fourth-order valence-corrected chi connectivity index (χ4v) is 0.859. The lowest BCUT2D eigenvalue weighted by atomic mass is 9.40. The van der Waals surface area contributed by atoms with Gasteiger partial charge in [0, 0.05) is 0 Å². The van der Waals surface area contributed by atoms with Crippen LogP contribution in [0.25, 0.3) is 0 Å². The van der Waals surface area contributed by atoms with Crippen molar-refractivity contribution in [1.29, 1.82) is 0 Å². The van der Waals surface area contributed by atoms with Crippen LogP contribution in [0.2, 0.25) is 11.0 Å². The molecular formula is C6H13B2. The largest absolute Gasteiger partial charge is 0.109 e. The maximum Gasteiger partial charge on any atom is 0.109 e. The van der Waals surface area contributed by atoms with Gasteiger partial charge in [-0.2, -0.15) is 0 Å². The Balaban J connectivity index is 3.39. The highest BCUT2D eigenvalue weighted by molar-refractivity contribution is 6.54. The lowest BCUT2D eigenvalue weighted by Gasteiger charge is -2.18. The molecule has 0 aliphatic heterocycles. The maximum absolute atomic E-state index is 5.68. The predicted octanol–water partition coefficient (Wildman–Crippen LogP) is 1.84. The van der Waals surface area contributed by atoms with Crippen LogP contribution in [0.15, 0.2) is 0 Å². The van der Waals surface area contributed by atoms with Gasteiger partial charge in [-0.1, -0.05) is 38.7 Å². The molecule has 8 heavy (non-hydrogen) atoms. The van der Waals surface area contributed by atoms with Gasteiger partial charge in [0.2, 0.25) is 0 Å². The molecule has 0 spiro atoms. The molecule has 0 aromatic rings. The van der Waals surface area contributed by atoms with Gasteiger partial charge in [0.25, 0.3) is 0 Å². The minimum absolute atomic E-state index is 0.103. The van der Waals surface area contributed by atoms with E-state index in [1.165, 1.54) is 0 Å². The van der Waals surface area contributed by atoms with Crippen LogP contribution in [0, 0.1) is 0 Å². The van der Waals surface area contributed by atoms with Crippen LogP contribution < -0.4 is 0 Å². The fourth-order valence-electron chi connectivity index (χ4n) is 0.859. The Morgan fingerprint density at radius 1 is 1.38 bits per heavy atom. The van der Waals surface area contributed by atoms with Gasteiger partial charge in [-0.3, -0.25) is 0 Å². The summed E-state index contributed by atoms with van der Waals surface area (Å²) in [6.45, 7) is 8.28. The van der Waals surface area contributed by atoms with Crippen molar-refractivity contribution in [2.45, 2.75) is 38.7 Å². The van der Waals surface area contributed by atoms with E-state index in [4.69, 9.17) is 7.85 Å². The Labute approximate surface area is 54.7 Å². The van der Waals surface area contributed by atoms with Gasteiger partial charge in [0.15, 0.2) is 0 Å². The van der Waals surface area contributed by atoms with Gasteiger partial charge < -0.3 is 0 Å². The van der Waals surface area contributed by atoms with Crippen LogP contribution in [0.5, 0.6) is 0 Å². The van der Waals surface area contributed by atoms with E-state index in [1.807, 2.05) is 13.8 Å². The van der Waals surface area contributed by atoms with Crippen molar-refractivity contribution in [3.05, 3.63) is 0 Å². The van der Waals surface area contributed by atoms with Crippen molar-refractivity contribution >= 4 is 15.1 Å². The summed E-state index contributed by atoms with van der Waals surface area (Å²) in [6.07, 6.45) is 0. The van der Waals surface area contributed by atoms with E-state index in [2.05, 4.69) is 21.1 Å². The molecule has 0 N–H and O–H groups in total. The zero-order valence-corrected chi connectivity index (χ0v) is 6.23. The molecule has 2 heteroatoms. The van der Waals surface area contributed by atoms with E-state index in [1.54, 1.807) is 0 Å². The first kappa shape index (κ1) is 8.13. The quantitative estimate of drug-likeness (QED) is 0.472. The molecule has 0 nitrogen and oxygen atoms in total. The van der Waals surface area contributed by atoms with Gasteiger partial charge in [-0.05, 0) is 0 Å². The van der Waals surface area contributed by atoms with Crippen LogP contribution in [0.3, 0.4) is 0 Å². The Bertz CT molecular complexity index is 61.4. The van der Waals surface area contributed by atoms with Crippen molar-refractivity contribution < 1.29 is 0 Å². The van der Waals surface area contributed by atoms with E-state index >= 15 is 0 Å². The molecule has 0 rings (SSSR count). The molecule has 0 aliphatic rings. The van der Waals surface area contributed by atoms with E-state index in [9.17, 15) is 0 Å². The highest BCUT2D eigenvalue weighted by atomic mass is 13.9. The topological polar surface area (TPSA) is 0 Å². The Kier molecular flexibility index (Phi) is 2.65. The molecule has 0 saturated carbocycles. The average Bonchev–Trinajstić information content (AvgIpc) is 1.21. The zero-order valence-electron chi connectivity index (χ0n) is 6.23. The van der Waals surface area contributed by atoms with E-state index in [0.717, 1.165) is 0 Å². The standard InChI is InChI=1S/C6H13B2/c1-5(2)8-6(3,4)7/h5H,1-4H3. The molecule has 3 radical (unpaired) electrons. The van der Waals surface area contributed by atoms with Gasteiger partial charge in [0.05, 0.1) is 7.85 Å². The van der Waals surface area contributed by atoms with Gasteiger partial charge in [-0.25, -0.2) is 0 Å². The molecule has 0 aromatic carbocycles. The number of hydrogen-bond acceptors (Lipinski definition) is 0. The second-order valence-corrected chi connectivity index (χ2v) is 3.23. The van der Waals surface area contributed by atoms with Crippen LogP contribution in [0.4, 0.5) is 0 Å². The molecular weight excluding hydrogens is 93.7 g/mol. The van der Waals surface area contributed by atoms with Crippen molar-refractivity contribution in [2.75, 3.05) is 0 Å². The van der Waals surface area contributed by atoms with Crippen LogP contribution in [-0.2, 0) is 0 Å². The number of hydrogen-bond donors (Lipinski definition) is 0. The molecule has 43 valence electrons. The second kappa shape index (κ2) is 2.61. The Morgan fingerprint density at radius 2 is 1.75 bits per heavy atom. The van der Waals surface area contributed by atoms with Crippen LogP contribution >= 0.6 is 0 Å². The summed E-state index contributed by atoms with van der Waals surface area (Å²) in [5.74, 6) is 0.593. The van der Waals surface area contributed by atoms with E-state index in [-0.39, 0.29) is 5.21 Å². The molecule has 0 aliphatic carbocycles. The normalized spacial score (nSPS) is 12.1. The molecule has 0 atom stereocenters. The summed E-state index contributed by atoms with van der Waals surface area (Å²) in [5.41, 5.74) is 0. The Morgan fingerprint density at radius 3 is 1.75 bits per heavy atom. The van der Waals surface area contributed by atoms with E-state index < -0.39 is 0 Å². The van der Waals surface area contributed by atoms with Crippen LogP contribution in [-0.4, -0.2) is 15.1 Å². The molecule has 0 bridgehead atoms.